The van der Waals surface area contributed by atoms with Crippen molar-refractivity contribution >= 4 is 0 Å². The van der Waals surface area contributed by atoms with Gasteiger partial charge in [0.25, 0.3) is 5.69 Å². The summed E-state index contributed by atoms with van der Waals surface area (Å²) in [5.41, 5.74) is 11.2. The highest BCUT2D eigenvalue weighted by atomic mass is 16.5. The molecule has 212 valence electrons. The van der Waals surface area contributed by atoms with Gasteiger partial charge >= 0.3 is 0 Å². The van der Waals surface area contributed by atoms with Gasteiger partial charge in [0.1, 0.15) is 5.75 Å². The lowest BCUT2D eigenvalue weighted by atomic mass is 9.78. The van der Waals surface area contributed by atoms with Crippen LogP contribution in [-0.4, -0.2) is 18.8 Å². The van der Waals surface area contributed by atoms with Crippen molar-refractivity contribution in [2.75, 3.05) is 14.2 Å². The van der Waals surface area contributed by atoms with Gasteiger partial charge in [0.05, 0.1) is 19.9 Å². The Balaban J connectivity index is 1.33. The molecule has 0 aliphatic heterocycles. The van der Waals surface area contributed by atoms with Crippen molar-refractivity contribution in [1.82, 2.24) is 4.57 Å². The first-order chi connectivity index (χ1) is 21.2. The average molecular weight is 564 g/mol. The minimum atomic E-state index is 0.246. The molecule has 6 aromatic rings. The number of methoxy groups -OCH3 is 2. The molecule has 2 aromatic heterocycles. The molecule has 0 saturated carbocycles. The van der Waals surface area contributed by atoms with Crippen molar-refractivity contribution in [3.8, 4) is 45.1 Å². The molecule has 4 aromatic carbocycles. The molecule has 0 N–H and O–H groups in total. The summed E-state index contributed by atoms with van der Waals surface area (Å²) in [5, 5.41) is 0. The molecule has 2 heterocycles. The first-order valence-corrected chi connectivity index (χ1v) is 14.9. The molecule has 1 aliphatic carbocycles. The lowest BCUT2D eigenvalue weighted by Crippen LogP contribution is -2.29. The first kappa shape index (κ1) is 26.8. The highest BCUT2D eigenvalue weighted by Gasteiger charge is 2.36. The minimum absolute atomic E-state index is 0.246. The summed E-state index contributed by atoms with van der Waals surface area (Å²) in [7, 11) is 3.45. The second kappa shape index (κ2) is 11.3. The average Bonchev–Trinajstić information content (AvgIpc) is 3.63. The first-order valence-electron chi connectivity index (χ1n) is 14.9. The zero-order valence-electron chi connectivity index (χ0n) is 24.8. The van der Waals surface area contributed by atoms with E-state index in [1.165, 1.54) is 38.9 Å². The number of para-hydroxylation sites is 4. The van der Waals surface area contributed by atoms with Crippen LogP contribution >= 0.6 is 0 Å². The van der Waals surface area contributed by atoms with E-state index in [2.05, 4.69) is 120 Å². The van der Waals surface area contributed by atoms with E-state index in [0.717, 1.165) is 29.3 Å². The Morgan fingerprint density at radius 2 is 1.37 bits per heavy atom. The molecule has 4 heteroatoms. The molecule has 0 bridgehead atoms. The van der Waals surface area contributed by atoms with E-state index in [1.54, 1.807) is 14.2 Å². The quantitative estimate of drug-likeness (QED) is 0.173. The van der Waals surface area contributed by atoms with Crippen LogP contribution in [0.5, 0.6) is 11.5 Å². The molecule has 2 atom stereocenters. The molecular formula is C39H35N2O2+. The molecule has 0 radical (unpaired) electrons. The van der Waals surface area contributed by atoms with Crippen LogP contribution in [0.15, 0.2) is 134 Å². The Bertz CT molecular complexity index is 1890. The fourth-order valence-corrected chi connectivity index (χ4v) is 6.76. The molecule has 7 rings (SSSR count). The summed E-state index contributed by atoms with van der Waals surface area (Å²) < 4.78 is 15.6. The maximum absolute atomic E-state index is 5.72. The molecule has 4 nitrogen and oxygen atoms in total. The van der Waals surface area contributed by atoms with Gasteiger partial charge in [-0.2, -0.15) is 4.57 Å². The van der Waals surface area contributed by atoms with Crippen LogP contribution in [0.3, 0.4) is 0 Å². The van der Waals surface area contributed by atoms with Gasteiger partial charge in [0, 0.05) is 42.1 Å². The Kier molecular flexibility index (Phi) is 7.04. The standard InChI is InChI=1S/C39H35N2O2/c1-4-30(28-12-6-5-7-13-28)39-32-24-29(27-20-22-40(23-21-27)35-14-8-10-16-37(35)42-2)18-19-31(32)33-25-41(26-34(33)39)36-15-9-11-17-38(36)43-3/h5-26,30,39H,4H2,1-3H3/q+1. The molecule has 0 fully saturated rings. The monoisotopic (exact) mass is 563 g/mol. The van der Waals surface area contributed by atoms with Crippen molar-refractivity contribution < 1.29 is 14.0 Å². The zero-order chi connectivity index (χ0) is 29.3. The maximum atomic E-state index is 5.72. The van der Waals surface area contributed by atoms with Gasteiger partial charge in [-0.05, 0) is 70.0 Å². The van der Waals surface area contributed by atoms with Crippen molar-refractivity contribution in [1.29, 1.82) is 0 Å². The van der Waals surface area contributed by atoms with Gasteiger partial charge in [-0.3, -0.25) is 0 Å². The number of nitrogens with zero attached hydrogens (tertiary/aromatic N) is 2. The summed E-state index contributed by atoms with van der Waals surface area (Å²) in [6, 6.07) is 38.7. The van der Waals surface area contributed by atoms with Crippen molar-refractivity contribution in [2.24, 2.45) is 0 Å². The number of aromatic nitrogens is 2. The number of benzene rings is 4. The Labute approximate surface area is 253 Å². The van der Waals surface area contributed by atoms with Crippen LogP contribution in [-0.2, 0) is 0 Å². The lowest BCUT2D eigenvalue weighted by molar-refractivity contribution is -0.596. The van der Waals surface area contributed by atoms with E-state index in [-0.39, 0.29) is 5.92 Å². The highest BCUT2D eigenvalue weighted by Crippen LogP contribution is 2.53. The van der Waals surface area contributed by atoms with Gasteiger partial charge in [0.2, 0.25) is 0 Å². The topological polar surface area (TPSA) is 27.3 Å². The Hall–Kier alpha value is -5.09. The van der Waals surface area contributed by atoms with Gasteiger partial charge in [-0.25, -0.2) is 0 Å². The van der Waals surface area contributed by atoms with Gasteiger partial charge < -0.3 is 14.0 Å². The Morgan fingerprint density at radius 3 is 2.12 bits per heavy atom. The van der Waals surface area contributed by atoms with E-state index in [0.29, 0.717) is 5.92 Å². The number of hydrogen-bond donors (Lipinski definition) is 0. The SMILES string of the molecule is CCC(c1ccccc1)C1c2cc(-c3cc[n+](-c4ccccc4OC)cc3)ccc2-c2cn(-c3ccccc3OC)cc21. The minimum Gasteiger partial charge on any atom is -0.495 e. The van der Waals surface area contributed by atoms with Crippen LogP contribution in [0.25, 0.3) is 33.6 Å². The van der Waals surface area contributed by atoms with Crippen LogP contribution in [0, 0.1) is 0 Å². The van der Waals surface area contributed by atoms with Crippen LogP contribution < -0.4 is 14.0 Å². The number of hydrogen-bond acceptors (Lipinski definition) is 2. The predicted molar refractivity (Wildman–Crippen MR) is 173 cm³/mol. The number of ether oxygens (including phenoxy) is 2. The smallest absolute Gasteiger partial charge is 0.252 e. The van der Waals surface area contributed by atoms with Crippen LogP contribution in [0.1, 0.15) is 41.9 Å². The fourth-order valence-electron chi connectivity index (χ4n) is 6.76. The third kappa shape index (κ3) is 4.69. The van der Waals surface area contributed by atoms with Crippen molar-refractivity contribution in [2.45, 2.75) is 25.2 Å². The third-order valence-electron chi connectivity index (χ3n) is 8.83. The largest absolute Gasteiger partial charge is 0.495 e. The molecule has 0 spiro atoms. The zero-order valence-corrected chi connectivity index (χ0v) is 24.8. The van der Waals surface area contributed by atoms with Gasteiger partial charge in [-0.1, -0.05) is 73.7 Å². The second-order valence-corrected chi connectivity index (χ2v) is 11.1. The Morgan fingerprint density at radius 1 is 0.674 bits per heavy atom. The van der Waals surface area contributed by atoms with E-state index in [9.17, 15) is 0 Å². The van der Waals surface area contributed by atoms with Crippen molar-refractivity contribution in [3.63, 3.8) is 0 Å². The van der Waals surface area contributed by atoms with Crippen molar-refractivity contribution in [3.05, 3.63) is 151 Å². The van der Waals surface area contributed by atoms with Crippen LogP contribution in [0.4, 0.5) is 0 Å². The molecule has 0 saturated heterocycles. The fraction of sp³-hybridized carbons (Fsp3) is 0.154. The normalized spacial score (nSPS) is 14.2. The third-order valence-corrected chi connectivity index (χ3v) is 8.83. The highest BCUT2D eigenvalue weighted by molar-refractivity contribution is 5.83. The van der Waals surface area contributed by atoms with Gasteiger partial charge in [-0.15, -0.1) is 0 Å². The second-order valence-electron chi connectivity index (χ2n) is 11.1. The summed E-state index contributed by atoms with van der Waals surface area (Å²) in [4.78, 5) is 0. The van der Waals surface area contributed by atoms with Gasteiger partial charge in [0.15, 0.2) is 18.1 Å². The van der Waals surface area contributed by atoms with Crippen LogP contribution in [0.2, 0.25) is 0 Å². The predicted octanol–water partition coefficient (Wildman–Crippen LogP) is 8.74. The lowest BCUT2D eigenvalue weighted by Gasteiger charge is -2.25. The summed E-state index contributed by atoms with van der Waals surface area (Å²) >= 11 is 0. The molecule has 43 heavy (non-hydrogen) atoms. The summed E-state index contributed by atoms with van der Waals surface area (Å²) in [5.74, 6) is 2.32. The summed E-state index contributed by atoms with van der Waals surface area (Å²) in [6.45, 7) is 2.31. The van der Waals surface area contributed by atoms with E-state index < -0.39 is 0 Å². The number of rotatable bonds is 8. The van der Waals surface area contributed by atoms with E-state index in [1.807, 2.05) is 30.3 Å². The summed E-state index contributed by atoms with van der Waals surface area (Å²) in [6.07, 6.45) is 9.87. The van der Waals surface area contributed by atoms with E-state index in [4.69, 9.17) is 9.47 Å². The molecule has 0 amide bonds. The maximum Gasteiger partial charge on any atom is 0.252 e. The number of pyridine rings is 1. The molecule has 2 unspecified atom stereocenters. The van der Waals surface area contributed by atoms with E-state index >= 15 is 0 Å². The molecule has 1 aliphatic rings. The number of fused-ring (bicyclic) bond motifs is 3. The molecular weight excluding hydrogens is 528 g/mol.